The third kappa shape index (κ3) is 4.04. The molecule has 0 saturated carbocycles. The lowest BCUT2D eigenvalue weighted by atomic mass is 9.96. The fourth-order valence-electron chi connectivity index (χ4n) is 3.98. The van der Waals surface area contributed by atoms with E-state index in [1.807, 2.05) is 24.3 Å². The van der Waals surface area contributed by atoms with Crippen molar-refractivity contribution in [1.82, 2.24) is 0 Å². The van der Waals surface area contributed by atoms with Crippen molar-refractivity contribution in [3.8, 4) is 11.1 Å². The van der Waals surface area contributed by atoms with E-state index in [0.717, 1.165) is 37.0 Å². The van der Waals surface area contributed by atoms with Gasteiger partial charge in [-0.3, -0.25) is 0 Å². The first-order chi connectivity index (χ1) is 14.5. The van der Waals surface area contributed by atoms with Crippen molar-refractivity contribution in [2.75, 3.05) is 0 Å². The highest BCUT2D eigenvalue weighted by Gasteiger charge is 2.22. The molecule has 0 nitrogen and oxygen atoms in total. The summed E-state index contributed by atoms with van der Waals surface area (Å²) in [6.45, 7) is 2.16. The third-order valence-corrected chi connectivity index (χ3v) is 5.61. The number of rotatable bonds is 6. The van der Waals surface area contributed by atoms with E-state index in [0.29, 0.717) is 22.3 Å². The van der Waals surface area contributed by atoms with Gasteiger partial charge in [-0.05, 0) is 76.9 Å². The van der Waals surface area contributed by atoms with Crippen LogP contribution in [0.3, 0.4) is 0 Å². The first-order valence-electron chi connectivity index (χ1n) is 10.2. The quantitative estimate of drug-likeness (QED) is 0.288. The van der Waals surface area contributed by atoms with Crippen molar-refractivity contribution in [2.45, 2.75) is 39.0 Å². The summed E-state index contributed by atoms with van der Waals surface area (Å²) < 4.78 is 56.7. The van der Waals surface area contributed by atoms with E-state index in [2.05, 4.69) is 6.92 Å². The molecule has 1 aliphatic rings. The molecule has 4 rings (SSSR count). The van der Waals surface area contributed by atoms with Crippen LogP contribution in [0.25, 0.3) is 22.8 Å². The molecule has 30 heavy (non-hydrogen) atoms. The molecule has 0 unspecified atom stereocenters. The zero-order valence-electron chi connectivity index (χ0n) is 16.7. The molecule has 1 aliphatic carbocycles. The Kier molecular flexibility index (Phi) is 5.76. The summed E-state index contributed by atoms with van der Waals surface area (Å²) in [5.74, 6) is -3.30. The second kappa shape index (κ2) is 8.47. The number of unbranched alkanes of at least 4 members (excludes halogenated alkanes) is 2. The van der Waals surface area contributed by atoms with Crippen LogP contribution < -0.4 is 0 Å². The van der Waals surface area contributed by atoms with E-state index in [1.54, 1.807) is 0 Å². The molecule has 0 fully saturated rings. The largest absolute Gasteiger partial charge is 0.206 e. The normalized spacial score (nSPS) is 12.8. The molecule has 154 valence electrons. The first-order valence-corrected chi connectivity index (χ1v) is 10.2. The van der Waals surface area contributed by atoms with Crippen molar-refractivity contribution in [1.29, 1.82) is 0 Å². The van der Waals surface area contributed by atoms with E-state index < -0.39 is 23.3 Å². The first kappa shape index (κ1) is 20.4. The fourth-order valence-corrected chi connectivity index (χ4v) is 3.98. The lowest BCUT2D eigenvalue weighted by molar-refractivity contribution is 0.507. The molecule has 0 radical (unpaired) electrons. The van der Waals surface area contributed by atoms with E-state index in [9.17, 15) is 17.6 Å². The number of allylic oxidation sites excluding steroid dienone is 1. The van der Waals surface area contributed by atoms with Gasteiger partial charge in [-0.15, -0.1) is 0 Å². The SMILES string of the molecule is CCCCCc1ccc(-c2cc(F)c(C3=Cc4cc(F)c(F)cc4C3)c(F)c2)cc1. The van der Waals surface area contributed by atoms with E-state index in [1.165, 1.54) is 30.2 Å². The van der Waals surface area contributed by atoms with Crippen LogP contribution in [0.4, 0.5) is 17.6 Å². The molecule has 4 heteroatoms. The number of benzene rings is 3. The summed E-state index contributed by atoms with van der Waals surface area (Å²) in [4.78, 5) is 0. The number of fused-ring (bicyclic) bond motifs is 1. The number of hydrogen-bond acceptors (Lipinski definition) is 0. The molecule has 0 N–H and O–H groups in total. The van der Waals surface area contributed by atoms with Crippen LogP contribution >= 0.6 is 0 Å². The Labute approximate surface area is 173 Å². The molecule has 0 aliphatic heterocycles. The maximum absolute atomic E-state index is 14.9. The smallest absolute Gasteiger partial charge is 0.159 e. The molecule has 3 aromatic carbocycles. The van der Waals surface area contributed by atoms with E-state index in [-0.39, 0.29) is 12.0 Å². The van der Waals surface area contributed by atoms with Gasteiger partial charge >= 0.3 is 0 Å². The molecule has 0 amide bonds. The molecule has 0 heterocycles. The van der Waals surface area contributed by atoms with Crippen LogP contribution in [0.2, 0.25) is 0 Å². The molecule has 0 bridgehead atoms. The number of halogens is 4. The highest BCUT2D eigenvalue weighted by Crippen LogP contribution is 2.36. The Morgan fingerprint density at radius 1 is 0.733 bits per heavy atom. The monoisotopic (exact) mass is 410 g/mol. The molecule has 0 spiro atoms. The van der Waals surface area contributed by atoms with Crippen LogP contribution in [0.15, 0.2) is 48.5 Å². The van der Waals surface area contributed by atoms with Crippen LogP contribution in [0.1, 0.15) is 48.4 Å². The second-order valence-electron chi connectivity index (χ2n) is 7.78. The highest BCUT2D eigenvalue weighted by molar-refractivity contribution is 5.89. The van der Waals surface area contributed by atoms with Crippen molar-refractivity contribution < 1.29 is 17.6 Å². The number of aryl methyl sites for hydroxylation is 1. The Morgan fingerprint density at radius 3 is 2.07 bits per heavy atom. The summed E-state index contributed by atoms with van der Waals surface area (Å²) in [5, 5.41) is 0. The molecule has 0 atom stereocenters. The zero-order valence-corrected chi connectivity index (χ0v) is 16.7. The molecular weight excluding hydrogens is 388 g/mol. The summed E-state index contributed by atoms with van der Waals surface area (Å²) in [6.07, 6.45) is 6.13. The van der Waals surface area contributed by atoms with Crippen molar-refractivity contribution in [2.24, 2.45) is 0 Å². The van der Waals surface area contributed by atoms with Crippen molar-refractivity contribution >= 4 is 11.6 Å². The van der Waals surface area contributed by atoms with Gasteiger partial charge in [0.15, 0.2) is 11.6 Å². The topological polar surface area (TPSA) is 0 Å². The van der Waals surface area contributed by atoms with Crippen molar-refractivity contribution in [3.05, 3.63) is 94.1 Å². The van der Waals surface area contributed by atoms with Crippen LogP contribution in [0, 0.1) is 23.3 Å². The Morgan fingerprint density at radius 2 is 1.40 bits per heavy atom. The van der Waals surface area contributed by atoms with Crippen LogP contribution in [-0.2, 0) is 12.8 Å². The number of hydrogen-bond donors (Lipinski definition) is 0. The molecule has 3 aromatic rings. The lowest BCUT2D eigenvalue weighted by Crippen LogP contribution is -1.97. The van der Waals surface area contributed by atoms with E-state index in [4.69, 9.17) is 0 Å². The molecular formula is C26H22F4. The Bertz CT molecular complexity index is 1090. The average Bonchev–Trinajstić information content (AvgIpc) is 3.10. The average molecular weight is 410 g/mol. The van der Waals surface area contributed by atoms with E-state index >= 15 is 0 Å². The minimum Gasteiger partial charge on any atom is -0.206 e. The van der Waals surface area contributed by atoms with Gasteiger partial charge in [-0.1, -0.05) is 50.1 Å². The minimum atomic E-state index is -0.972. The van der Waals surface area contributed by atoms with Gasteiger partial charge < -0.3 is 0 Å². The zero-order chi connectivity index (χ0) is 21.3. The molecule has 0 saturated heterocycles. The van der Waals surface area contributed by atoms with Gasteiger partial charge in [0.25, 0.3) is 0 Å². The van der Waals surface area contributed by atoms with Gasteiger partial charge in [-0.2, -0.15) is 0 Å². The third-order valence-electron chi connectivity index (χ3n) is 5.61. The van der Waals surface area contributed by atoms with Gasteiger partial charge in [-0.25, -0.2) is 17.6 Å². The van der Waals surface area contributed by atoms with Gasteiger partial charge in [0.2, 0.25) is 0 Å². The predicted octanol–water partition coefficient (Wildman–Crippen LogP) is 7.74. The lowest BCUT2D eigenvalue weighted by Gasteiger charge is -2.10. The van der Waals surface area contributed by atoms with Crippen LogP contribution in [0.5, 0.6) is 0 Å². The fraction of sp³-hybridized carbons (Fsp3) is 0.231. The predicted molar refractivity (Wildman–Crippen MR) is 113 cm³/mol. The minimum absolute atomic E-state index is 0.146. The standard InChI is InChI=1S/C26H22F4/c1-2-3-4-5-16-6-8-17(9-7-16)20-14-24(29)26(25(30)15-20)21-10-18-12-22(27)23(28)13-19(18)11-21/h6-10,12-15H,2-5,11H2,1H3. The van der Waals surface area contributed by atoms with Gasteiger partial charge in [0.05, 0.1) is 0 Å². The Balaban J connectivity index is 1.59. The Hall–Kier alpha value is -2.88. The summed E-state index contributed by atoms with van der Waals surface area (Å²) in [7, 11) is 0. The maximum Gasteiger partial charge on any atom is 0.159 e. The van der Waals surface area contributed by atoms with Crippen molar-refractivity contribution in [3.63, 3.8) is 0 Å². The second-order valence-corrected chi connectivity index (χ2v) is 7.78. The van der Waals surface area contributed by atoms with Crippen LogP contribution in [-0.4, -0.2) is 0 Å². The van der Waals surface area contributed by atoms with Gasteiger partial charge in [0, 0.05) is 5.56 Å². The maximum atomic E-state index is 14.9. The molecule has 0 aromatic heterocycles. The summed E-state index contributed by atoms with van der Waals surface area (Å²) in [5.41, 5.74) is 3.61. The van der Waals surface area contributed by atoms with Gasteiger partial charge in [0.1, 0.15) is 11.6 Å². The summed E-state index contributed by atoms with van der Waals surface area (Å²) in [6, 6.07) is 12.5. The summed E-state index contributed by atoms with van der Waals surface area (Å²) >= 11 is 0. The highest BCUT2D eigenvalue weighted by atomic mass is 19.2.